The Kier molecular flexibility index (Phi) is 8.40. The molecule has 1 saturated carbocycles. The third-order valence-electron chi connectivity index (χ3n) is 6.37. The number of cyclic esters (lactones) is 1. The molecule has 0 N–H and O–H groups in total. The monoisotopic (exact) mass is 463 g/mol. The van der Waals surface area contributed by atoms with Gasteiger partial charge in [0.2, 0.25) is 0 Å². The van der Waals surface area contributed by atoms with E-state index in [1.54, 1.807) is 7.11 Å². The highest BCUT2D eigenvalue weighted by Gasteiger charge is 2.38. The van der Waals surface area contributed by atoms with E-state index >= 15 is 0 Å². The number of benzene rings is 2. The van der Waals surface area contributed by atoms with E-state index in [1.807, 2.05) is 18.2 Å². The summed E-state index contributed by atoms with van der Waals surface area (Å²) in [6.07, 6.45) is 0.765. The smallest absolute Gasteiger partial charge is 0.416 e. The molecule has 0 bridgehead atoms. The van der Waals surface area contributed by atoms with Crippen LogP contribution in [0, 0.1) is 6.92 Å². The van der Waals surface area contributed by atoms with E-state index in [2.05, 4.69) is 19.1 Å². The molecule has 1 heterocycles. The van der Waals surface area contributed by atoms with Crippen LogP contribution in [-0.4, -0.2) is 31.3 Å². The lowest BCUT2D eigenvalue weighted by atomic mass is 9.82. The number of carbonyl (C=O) groups excluding carboxylic acids is 1. The lowest BCUT2D eigenvalue weighted by Crippen LogP contribution is -2.32. The molecule has 2 fully saturated rings. The molecular formula is C26H32F3NO3. The third kappa shape index (κ3) is 6.50. The number of carbonyl (C=O) groups is 1. The molecule has 0 radical (unpaired) electrons. The summed E-state index contributed by atoms with van der Waals surface area (Å²) in [5.41, 5.74) is 1.27. The maximum absolute atomic E-state index is 13.2. The highest BCUT2D eigenvalue weighted by molar-refractivity contribution is 5.69. The van der Waals surface area contributed by atoms with Crippen LogP contribution >= 0.6 is 0 Å². The van der Waals surface area contributed by atoms with Crippen LogP contribution in [0.4, 0.5) is 18.0 Å². The summed E-state index contributed by atoms with van der Waals surface area (Å²) >= 11 is 0. The molecule has 7 heteroatoms. The maximum Gasteiger partial charge on any atom is 0.416 e. The van der Waals surface area contributed by atoms with Gasteiger partial charge in [-0.3, -0.25) is 0 Å². The number of methoxy groups -OCH3 is 1. The van der Waals surface area contributed by atoms with Crippen molar-refractivity contribution >= 4 is 6.09 Å². The Labute approximate surface area is 193 Å². The van der Waals surface area contributed by atoms with E-state index in [1.165, 1.54) is 16.5 Å². The fraction of sp³-hybridized carbons (Fsp3) is 0.500. The first kappa shape index (κ1) is 25.1. The predicted octanol–water partition coefficient (Wildman–Crippen LogP) is 6.85. The second kappa shape index (κ2) is 11.1. The minimum absolute atomic E-state index is 0.100. The maximum atomic E-state index is 13.2. The number of aryl methyl sites for hydroxylation is 1. The van der Waals surface area contributed by atoms with Crippen LogP contribution in [0.3, 0.4) is 0 Å². The molecular weight excluding hydrogens is 431 g/mol. The molecule has 2 aromatic rings. The zero-order valence-electron chi connectivity index (χ0n) is 19.3. The first-order chi connectivity index (χ1) is 15.7. The fourth-order valence-electron chi connectivity index (χ4n) is 4.54. The molecule has 180 valence electrons. The lowest BCUT2D eigenvalue weighted by Gasteiger charge is -2.34. The second-order valence-corrected chi connectivity index (χ2v) is 8.67. The van der Waals surface area contributed by atoms with Crippen LogP contribution in [0.5, 0.6) is 0 Å². The number of nitrogens with zero attached hydrogens (tertiary/aromatic N) is 1. The second-order valence-electron chi connectivity index (χ2n) is 8.67. The van der Waals surface area contributed by atoms with Crippen molar-refractivity contribution in [2.24, 2.45) is 0 Å². The zero-order chi connectivity index (χ0) is 23.9. The van der Waals surface area contributed by atoms with Gasteiger partial charge in [-0.1, -0.05) is 67.6 Å². The van der Waals surface area contributed by atoms with Gasteiger partial charge in [-0.25, -0.2) is 4.79 Å². The third-order valence-corrected chi connectivity index (χ3v) is 6.37. The molecule has 0 unspecified atom stereocenters. The van der Waals surface area contributed by atoms with Gasteiger partial charge in [-0.15, -0.1) is 0 Å². The van der Waals surface area contributed by atoms with Gasteiger partial charge < -0.3 is 14.4 Å². The van der Waals surface area contributed by atoms with E-state index in [0.29, 0.717) is 12.1 Å². The van der Waals surface area contributed by atoms with Gasteiger partial charge in [0.15, 0.2) is 0 Å². The number of amides is 1. The summed E-state index contributed by atoms with van der Waals surface area (Å²) in [5, 5.41) is 0. The van der Waals surface area contributed by atoms with Crippen molar-refractivity contribution in [3.05, 3.63) is 70.8 Å². The van der Waals surface area contributed by atoms with Crippen molar-refractivity contribution < 1.29 is 27.4 Å². The number of ether oxygens (including phenoxy) is 2. The Morgan fingerprint density at radius 1 is 1.03 bits per heavy atom. The highest BCUT2D eigenvalue weighted by Crippen LogP contribution is 2.42. The SMILES string of the molecule is COC1(c2ccc(C(F)(F)F)cc2CN2CCOC2=O)CCCCCC1.Cc1ccccc1. The fourth-order valence-corrected chi connectivity index (χ4v) is 4.54. The number of hydrogen-bond acceptors (Lipinski definition) is 3. The van der Waals surface area contributed by atoms with Gasteiger partial charge in [-0.2, -0.15) is 13.2 Å². The molecule has 1 saturated heterocycles. The first-order valence-electron chi connectivity index (χ1n) is 11.4. The van der Waals surface area contributed by atoms with E-state index in [-0.39, 0.29) is 13.2 Å². The predicted molar refractivity (Wildman–Crippen MR) is 121 cm³/mol. The average Bonchev–Trinajstić information content (AvgIpc) is 3.05. The Morgan fingerprint density at radius 3 is 2.18 bits per heavy atom. The molecule has 2 aliphatic rings. The normalized spacial score (nSPS) is 18.2. The van der Waals surface area contributed by atoms with Crippen LogP contribution in [-0.2, 0) is 27.8 Å². The summed E-state index contributed by atoms with van der Waals surface area (Å²) in [7, 11) is 1.62. The van der Waals surface area contributed by atoms with Gasteiger partial charge in [0.1, 0.15) is 6.61 Å². The topological polar surface area (TPSA) is 38.8 Å². The highest BCUT2D eigenvalue weighted by atomic mass is 19.4. The van der Waals surface area contributed by atoms with Crippen molar-refractivity contribution in [2.45, 2.75) is 63.8 Å². The van der Waals surface area contributed by atoms with Gasteiger partial charge in [-0.05, 0) is 43.0 Å². The molecule has 1 aliphatic carbocycles. The van der Waals surface area contributed by atoms with Gasteiger partial charge >= 0.3 is 12.3 Å². The standard InChI is InChI=1S/C19H24F3NO3.C7H8/c1-25-18(8-4-2-3-5-9-18)16-7-6-15(19(20,21)22)12-14(16)13-23-10-11-26-17(23)24;1-7-5-3-2-4-6-7/h6-7,12H,2-5,8-11,13H2,1H3;2-6H,1H3. The van der Waals surface area contributed by atoms with Crippen LogP contribution in [0.1, 0.15) is 60.8 Å². The number of halogens is 3. The summed E-state index contributed by atoms with van der Waals surface area (Å²) in [6, 6.07) is 14.1. The van der Waals surface area contributed by atoms with E-state index in [0.717, 1.165) is 56.2 Å². The van der Waals surface area contributed by atoms with Crippen LogP contribution in [0.25, 0.3) is 0 Å². The van der Waals surface area contributed by atoms with Gasteiger partial charge in [0.05, 0.1) is 17.7 Å². The van der Waals surface area contributed by atoms with Crippen LogP contribution in [0.15, 0.2) is 48.5 Å². The van der Waals surface area contributed by atoms with Crippen LogP contribution in [0.2, 0.25) is 0 Å². The van der Waals surface area contributed by atoms with E-state index in [9.17, 15) is 18.0 Å². The summed E-state index contributed by atoms with van der Waals surface area (Å²) in [6.45, 7) is 2.83. The first-order valence-corrected chi connectivity index (χ1v) is 11.4. The van der Waals surface area contributed by atoms with Gasteiger partial charge in [0.25, 0.3) is 0 Å². The number of alkyl halides is 3. The van der Waals surface area contributed by atoms with Crippen molar-refractivity contribution in [2.75, 3.05) is 20.3 Å². The number of hydrogen-bond donors (Lipinski definition) is 0. The summed E-state index contributed by atoms with van der Waals surface area (Å²) in [5.74, 6) is 0. The summed E-state index contributed by atoms with van der Waals surface area (Å²) in [4.78, 5) is 13.2. The Morgan fingerprint density at radius 2 is 1.70 bits per heavy atom. The van der Waals surface area contributed by atoms with Crippen molar-refractivity contribution in [1.82, 2.24) is 4.90 Å². The molecule has 4 rings (SSSR count). The van der Waals surface area contributed by atoms with Gasteiger partial charge in [0, 0.05) is 13.7 Å². The zero-order valence-corrected chi connectivity index (χ0v) is 19.3. The van der Waals surface area contributed by atoms with Crippen LogP contribution < -0.4 is 0 Å². The molecule has 33 heavy (non-hydrogen) atoms. The molecule has 2 aromatic carbocycles. The molecule has 4 nitrogen and oxygen atoms in total. The quantitative estimate of drug-likeness (QED) is 0.466. The molecule has 0 aromatic heterocycles. The lowest BCUT2D eigenvalue weighted by molar-refractivity contribution is -0.137. The minimum Gasteiger partial charge on any atom is -0.448 e. The Balaban J connectivity index is 0.000000374. The molecule has 0 spiro atoms. The summed E-state index contributed by atoms with van der Waals surface area (Å²) < 4.78 is 50.5. The van der Waals surface area contributed by atoms with Crippen molar-refractivity contribution in [3.63, 3.8) is 0 Å². The van der Waals surface area contributed by atoms with Crippen molar-refractivity contribution in [1.29, 1.82) is 0 Å². The van der Waals surface area contributed by atoms with Crippen molar-refractivity contribution in [3.8, 4) is 0 Å². The molecule has 1 amide bonds. The largest absolute Gasteiger partial charge is 0.448 e. The number of rotatable bonds is 4. The van der Waals surface area contributed by atoms with E-state index in [4.69, 9.17) is 9.47 Å². The Bertz CT molecular complexity index is 907. The Hall–Kier alpha value is -2.54. The molecule has 0 atom stereocenters. The minimum atomic E-state index is -4.43. The van der Waals surface area contributed by atoms with E-state index < -0.39 is 23.4 Å². The average molecular weight is 464 g/mol. The molecule has 1 aliphatic heterocycles.